The third kappa shape index (κ3) is 1.95. The number of carbonyl (C=O) groups excluding carboxylic acids is 1. The summed E-state index contributed by atoms with van der Waals surface area (Å²) >= 11 is 0. The highest BCUT2D eigenvalue weighted by Crippen LogP contribution is 2.47. The molecule has 6 nitrogen and oxygen atoms in total. The molecule has 0 radical (unpaired) electrons. The van der Waals surface area contributed by atoms with Crippen molar-refractivity contribution in [3.05, 3.63) is 0 Å². The van der Waals surface area contributed by atoms with E-state index < -0.39 is 11.6 Å². The zero-order valence-electron chi connectivity index (χ0n) is 9.65. The highest BCUT2D eigenvalue weighted by molar-refractivity contribution is 5.77. The van der Waals surface area contributed by atoms with Crippen molar-refractivity contribution in [1.82, 2.24) is 0 Å². The Morgan fingerprint density at radius 3 is 1.71 bits per heavy atom. The number of primary amides is 1. The minimum absolute atomic E-state index is 0.319. The molecule has 3 aliphatic rings. The van der Waals surface area contributed by atoms with E-state index in [4.69, 9.17) is 24.7 Å². The van der Waals surface area contributed by atoms with Crippen LogP contribution in [0.4, 0.5) is 0 Å². The third-order valence-corrected chi connectivity index (χ3v) is 3.68. The molecule has 6 heteroatoms. The number of nitrogens with two attached hydrogens (primary N) is 1. The van der Waals surface area contributed by atoms with Crippen LogP contribution in [0.5, 0.6) is 0 Å². The van der Waals surface area contributed by atoms with Gasteiger partial charge in [-0.25, -0.2) is 0 Å². The van der Waals surface area contributed by atoms with Crippen LogP contribution in [0.25, 0.3) is 0 Å². The molecule has 0 bridgehead atoms. The van der Waals surface area contributed by atoms with E-state index in [1.165, 1.54) is 0 Å². The first-order chi connectivity index (χ1) is 8.13. The molecule has 2 heterocycles. The lowest BCUT2D eigenvalue weighted by atomic mass is 9.80. The molecule has 2 spiro atoms. The normalized spacial score (nSPS) is 34.5. The second-order valence-corrected chi connectivity index (χ2v) is 4.90. The number of rotatable bonds is 1. The van der Waals surface area contributed by atoms with E-state index in [0.29, 0.717) is 45.7 Å². The standard InChI is InChI=1S/C11H17NO5/c12-9(13)8-5-10(14-1-2-15-10)7-11(6-8)16-3-4-17-11/h8H,1-7H2,(H2,12,13). The maximum absolute atomic E-state index is 11.4. The topological polar surface area (TPSA) is 80.0 Å². The average Bonchev–Trinajstić information content (AvgIpc) is 2.89. The van der Waals surface area contributed by atoms with Gasteiger partial charge < -0.3 is 24.7 Å². The Balaban J connectivity index is 1.85. The minimum atomic E-state index is -0.748. The van der Waals surface area contributed by atoms with Crippen LogP contribution in [0.3, 0.4) is 0 Å². The maximum Gasteiger partial charge on any atom is 0.220 e. The van der Waals surface area contributed by atoms with Crippen LogP contribution in [0, 0.1) is 5.92 Å². The molecule has 2 saturated heterocycles. The van der Waals surface area contributed by atoms with Crippen molar-refractivity contribution >= 4 is 5.91 Å². The first-order valence-electron chi connectivity index (χ1n) is 5.98. The van der Waals surface area contributed by atoms with Gasteiger partial charge in [-0.2, -0.15) is 0 Å². The lowest BCUT2D eigenvalue weighted by Crippen LogP contribution is -2.52. The molecule has 3 fully saturated rings. The Labute approximate surface area is 99.3 Å². The Bertz CT molecular complexity index is 296. The summed E-state index contributed by atoms with van der Waals surface area (Å²) in [5.74, 6) is -2.16. The van der Waals surface area contributed by atoms with Crippen LogP contribution in [-0.2, 0) is 23.7 Å². The van der Waals surface area contributed by atoms with E-state index in [1.807, 2.05) is 0 Å². The zero-order valence-corrected chi connectivity index (χ0v) is 9.65. The Kier molecular flexibility index (Phi) is 2.62. The molecule has 96 valence electrons. The second-order valence-electron chi connectivity index (χ2n) is 4.90. The van der Waals surface area contributed by atoms with Crippen molar-refractivity contribution in [3.8, 4) is 0 Å². The van der Waals surface area contributed by atoms with Gasteiger partial charge in [0.15, 0.2) is 11.6 Å². The molecule has 3 rings (SSSR count). The summed E-state index contributed by atoms with van der Waals surface area (Å²) in [6.07, 6.45) is 1.51. The lowest BCUT2D eigenvalue weighted by molar-refractivity contribution is -0.282. The molecular weight excluding hydrogens is 226 g/mol. The number of ether oxygens (including phenoxy) is 4. The third-order valence-electron chi connectivity index (χ3n) is 3.68. The van der Waals surface area contributed by atoms with Gasteiger partial charge in [0.2, 0.25) is 5.91 Å². The van der Waals surface area contributed by atoms with Gasteiger partial charge in [-0.3, -0.25) is 4.79 Å². The first kappa shape index (κ1) is 11.4. The molecule has 2 N–H and O–H groups in total. The van der Waals surface area contributed by atoms with E-state index in [9.17, 15) is 4.79 Å². The van der Waals surface area contributed by atoms with Gasteiger partial charge in [0.25, 0.3) is 0 Å². The highest BCUT2D eigenvalue weighted by Gasteiger charge is 2.56. The summed E-state index contributed by atoms with van der Waals surface area (Å²) in [4.78, 5) is 11.4. The van der Waals surface area contributed by atoms with Gasteiger partial charge in [-0.15, -0.1) is 0 Å². The van der Waals surface area contributed by atoms with Gasteiger partial charge in [0.05, 0.1) is 32.8 Å². The zero-order chi connectivity index (χ0) is 11.9. The quantitative estimate of drug-likeness (QED) is 0.687. The average molecular weight is 243 g/mol. The molecule has 0 aromatic rings. The van der Waals surface area contributed by atoms with Gasteiger partial charge >= 0.3 is 0 Å². The van der Waals surface area contributed by atoms with E-state index in [1.54, 1.807) is 0 Å². The van der Waals surface area contributed by atoms with E-state index in [-0.39, 0.29) is 11.8 Å². The monoisotopic (exact) mass is 243 g/mol. The van der Waals surface area contributed by atoms with Crippen molar-refractivity contribution in [2.24, 2.45) is 11.7 Å². The Morgan fingerprint density at radius 1 is 0.941 bits per heavy atom. The van der Waals surface area contributed by atoms with Crippen LogP contribution in [0.2, 0.25) is 0 Å². The van der Waals surface area contributed by atoms with Crippen LogP contribution < -0.4 is 5.73 Å². The van der Waals surface area contributed by atoms with Crippen molar-refractivity contribution in [3.63, 3.8) is 0 Å². The fourth-order valence-electron chi connectivity index (χ4n) is 3.01. The summed E-state index contributed by atoms with van der Waals surface area (Å²) in [5.41, 5.74) is 5.41. The molecule has 0 atom stereocenters. The maximum atomic E-state index is 11.4. The van der Waals surface area contributed by atoms with Crippen LogP contribution in [0.1, 0.15) is 19.3 Å². The molecule has 1 amide bonds. The summed E-state index contributed by atoms with van der Waals surface area (Å²) in [7, 11) is 0. The van der Waals surface area contributed by atoms with Crippen LogP contribution in [0.15, 0.2) is 0 Å². The largest absolute Gasteiger partial charge is 0.369 e. The van der Waals surface area contributed by atoms with E-state index >= 15 is 0 Å². The molecule has 0 aromatic carbocycles. The summed E-state index contributed by atoms with van der Waals surface area (Å²) in [6, 6.07) is 0. The minimum Gasteiger partial charge on any atom is -0.369 e. The molecule has 2 aliphatic heterocycles. The molecular formula is C11H17NO5. The molecule has 17 heavy (non-hydrogen) atoms. The van der Waals surface area contributed by atoms with E-state index in [0.717, 1.165) is 0 Å². The lowest BCUT2D eigenvalue weighted by Gasteiger charge is -2.43. The SMILES string of the molecule is NC(=O)C1CC2(CC3(C1)OCCO3)OCCO2. The van der Waals surface area contributed by atoms with Crippen molar-refractivity contribution in [2.75, 3.05) is 26.4 Å². The van der Waals surface area contributed by atoms with Crippen LogP contribution in [-0.4, -0.2) is 43.9 Å². The smallest absolute Gasteiger partial charge is 0.220 e. The highest BCUT2D eigenvalue weighted by atomic mass is 16.8. The summed E-state index contributed by atoms with van der Waals surface area (Å²) in [6.45, 7) is 2.17. The fraction of sp³-hybridized carbons (Fsp3) is 0.909. The van der Waals surface area contributed by atoms with Gasteiger partial charge in [-0.1, -0.05) is 0 Å². The first-order valence-corrected chi connectivity index (χ1v) is 5.98. The van der Waals surface area contributed by atoms with Gasteiger partial charge in [0.1, 0.15) is 0 Å². The van der Waals surface area contributed by atoms with E-state index in [2.05, 4.69) is 0 Å². The second kappa shape index (κ2) is 3.91. The summed E-state index contributed by atoms with van der Waals surface area (Å²) < 4.78 is 22.6. The Morgan fingerprint density at radius 2 is 1.35 bits per heavy atom. The fourth-order valence-corrected chi connectivity index (χ4v) is 3.01. The number of hydrogen-bond acceptors (Lipinski definition) is 5. The van der Waals surface area contributed by atoms with Crippen molar-refractivity contribution < 1.29 is 23.7 Å². The van der Waals surface area contributed by atoms with Crippen molar-refractivity contribution in [2.45, 2.75) is 30.8 Å². The van der Waals surface area contributed by atoms with Crippen molar-refractivity contribution in [1.29, 1.82) is 0 Å². The predicted molar refractivity (Wildman–Crippen MR) is 55.8 cm³/mol. The number of hydrogen-bond donors (Lipinski definition) is 1. The molecule has 0 unspecified atom stereocenters. The molecule has 1 saturated carbocycles. The molecule has 1 aliphatic carbocycles. The van der Waals surface area contributed by atoms with Crippen LogP contribution >= 0.6 is 0 Å². The van der Waals surface area contributed by atoms with Gasteiger partial charge in [-0.05, 0) is 0 Å². The predicted octanol–water partition coefficient (Wildman–Crippen LogP) is -0.242. The summed E-state index contributed by atoms with van der Waals surface area (Å²) in [5, 5.41) is 0. The molecule has 0 aromatic heterocycles. The van der Waals surface area contributed by atoms with Gasteiger partial charge in [0, 0.05) is 18.8 Å². The number of amides is 1. The Hall–Kier alpha value is -0.690. The number of carbonyl (C=O) groups is 1.